The zero-order chi connectivity index (χ0) is 17.7. The number of aliphatic hydroxyl groups is 3. The quantitative estimate of drug-likeness (QED) is 0.633. The van der Waals surface area contributed by atoms with Gasteiger partial charge in [-0.3, -0.25) is 4.79 Å². The summed E-state index contributed by atoms with van der Waals surface area (Å²) in [6.07, 6.45) is 1.87. The summed E-state index contributed by atoms with van der Waals surface area (Å²) in [5.41, 5.74) is -1.27. The Balaban J connectivity index is 1.87. The molecule has 4 nitrogen and oxygen atoms in total. The molecule has 0 aliphatic heterocycles. The molecule has 0 saturated heterocycles. The number of hydrogen-bond acceptors (Lipinski definition) is 4. The molecule has 1 spiro atoms. The van der Waals surface area contributed by atoms with E-state index in [1.807, 2.05) is 6.92 Å². The molecule has 4 saturated carbocycles. The highest BCUT2D eigenvalue weighted by Gasteiger charge is 2.74. The molecule has 0 aromatic heterocycles. The Morgan fingerprint density at radius 2 is 1.67 bits per heavy atom. The van der Waals surface area contributed by atoms with Gasteiger partial charge in [0.2, 0.25) is 0 Å². The molecule has 4 heteroatoms. The maximum atomic E-state index is 13.2. The molecule has 0 radical (unpaired) electrons. The van der Waals surface area contributed by atoms with Crippen LogP contribution in [0.15, 0.2) is 0 Å². The summed E-state index contributed by atoms with van der Waals surface area (Å²) in [6.45, 7) is 8.51. The zero-order valence-electron chi connectivity index (χ0n) is 15.3. The number of hydrogen-bond donors (Lipinski definition) is 3. The van der Waals surface area contributed by atoms with Crippen LogP contribution in [-0.2, 0) is 4.79 Å². The van der Waals surface area contributed by atoms with Gasteiger partial charge in [0.25, 0.3) is 0 Å². The lowest BCUT2D eigenvalue weighted by atomic mass is 9.39. The van der Waals surface area contributed by atoms with Crippen molar-refractivity contribution < 1.29 is 20.1 Å². The van der Waals surface area contributed by atoms with E-state index in [1.54, 1.807) is 0 Å². The number of carbonyl (C=O) groups is 1. The lowest BCUT2D eigenvalue weighted by molar-refractivity contribution is -0.236. The Kier molecular flexibility index (Phi) is 3.42. The van der Waals surface area contributed by atoms with Gasteiger partial charge in [0, 0.05) is 5.92 Å². The summed E-state index contributed by atoms with van der Waals surface area (Å²) in [5, 5.41) is 32.8. The van der Waals surface area contributed by atoms with Crippen LogP contribution >= 0.6 is 0 Å². The van der Waals surface area contributed by atoms with Crippen LogP contribution in [0.3, 0.4) is 0 Å². The number of ketones is 1. The summed E-state index contributed by atoms with van der Waals surface area (Å²) < 4.78 is 0. The molecular weight excluding hydrogens is 304 g/mol. The first kappa shape index (κ1) is 17.0. The third-order valence-electron chi connectivity index (χ3n) is 8.73. The van der Waals surface area contributed by atoms with Crippen molar-refractivity contribution in [3.05, 3.63) is 0 Å². The Bertz CT molecular complexity index is 572. The van der Waals surface area contributed by atoms with Crippen molar-refractivity contribution in [2.24, 2.45) is 39.9 Å². The topological polar surface area (TPSA) is 77.8 Å². The molecule has 9 atom stereocenters. The van der Waals surface area contributed by atoms with Gasteiger partial charge in [-0.05, 0) is 60.7 Å². The monoisotopic (exact) mass is 336 g/mol. The molecule has 24 heavy (non-hydrogen) atoms. The first-order chi connectivity index (χ1) is 11.1. The third kappa shape index (κ3) is 1.73. The summed E-state index contributed by atoms with van der Waals surface area (Å²) in [7, 11) is 0. The Morgan fingerprint density at radius 3 is 2.33 bits per heavy atom. The van der Waals surface area contributed by atoms with Crippen LogP contribution in [0, 0.1) is 39.9 Å². The Labute approximate surface area is 144 Å². The molecule has 4 aliphatic rings. The fourth-order valence-electron chi connectivity index (χ4n) is 7.97. The fourth-order valence-corrected chi connectivity index (χ4v) is 7.97. The minimum atomic E-state index is -0.999. The first-order valence-corrected chi connectivity index (χ1v) is 9.65. The van der Waals surface area contributed by atoms with Crippen LogP contribution in [0.5, 0.6) is 0 Å². The number of fused-ring (bicyclic) bond motifs is 3. The van der Waals surface area contributed by atoms with Gasteiger partial charge in [0.05, 0.1) is 23.7 Å². The van der Waals surface area contributed by atoms with Crippen LogP contribution in [0.2, 0.25) is 0 Å². The first-order valence-electron chi connectivity index (χ1n) is 9.65. The van der Waals surface area contributed by atoms with Gasteiger partial charge in [-0.25, -0.2) is 0 Å². The van der Waals surface area contributed by atoms with Crippen LogP contribution in [0.25, 0.3) is 0 Å². The molecule has 136 valence electrons. The van der Waals surface area contributed by atoms with Crippen molar-refractivity contribution in [1.82, 2.24) is 0 Å². The van der Waals surface area contributed by atoms with E-state index in [0.717, 1.165) is 19.3 Å². The molecular formula is C20H32O4. The standard InChI is InChI=1S/C20H32O4/c1-10-12-5-6-13-19(4)9-11(21)8-18(2,3)14(19)7-15(22)20(13,16(10)23)17(12)24/h10-15,17,21-22,24H,5-9H2,1-4H3. The van der Waals surface area contributed by atoms with Crippen molar-refractivity contribution in [3.8, 4) is 0 Å². The van der Waals surface area contributed by atoms with Crippen molar-refractivity contribution in [2.75, 3.05) is 0 Å². The molecule has 9 unspecified atom stereocenters. The SMILES string of the molecule is CC1C(=O)C23C(O)CC4C(C)(C)CC(O)CC4(C)C2CCC1C3O. The minimum absolute atomic E-state index is 0.00919. The van der Waals surface area contributed by atoms with E-state index in [0.29, 0.717) is 12.8 Å². The fraction of sp³-hybridized carbons (Fsp3) is 0.950. The van der Waals surface area contributed by atoms with Gasteiger partial charge >= 0.3 is 0 Å². The average Bonchev–Trinajstić information content (AvgIpc) is 2.58. The molecule has 2 bridgehead atoms. The van der Waals surface area contributed by atoms with Crippen molar-refractivity contribution in [1.29, 1.82) is 0 Å². The second-order valence-electron chi connectivity index (χ2n) is 10.2. The molecule has 4 aliphatic carbocycles. The van der Waals surface area contributed by atoms with E-state index in [-0.39, 0.29) is 46.4 Å². The lowest BCUT2D eigenvalue weighted by Crippen LogP contribution is -2.68. The van der Waals surface area contributed by atoms with E-state index < -0.39 is 17.6 Å². The van der Waals surface area contributed by atoms with Crippen molar-refractivity contribution >= 4 is 5.78 Å². The van der Waals surface area contributed by atoms with Gasteiger partial charge in [-0.1, -0.05) is 27.7 Å². The molecule has 4 fully saturated rings. The second-order valence-corrected chi connectivity index (χ2v) is 10.2. The highest BCUT2D eigenvalue weighted by molar-refractivity contribution is 5.92. The van der Waals surface area contributed by atoms with Crippen LogP contribution in [-0.4, -0.2) is 39.4 Å². The van der Waals surface area contributed by atoms with Gasteiger partial charge in [0.15, 0.2) is 0 Å². The predicted octanol–water partition coefficient (Wildman–Crippen LogP) is 2.15. The van der Waals surface area contributed by atoms with Crippen LogP contribution in [0.1, 0.15) is 59.8 Å². The number of carbonyl (C=O) groups excluding carboxylic acids is 1. The zero-order valence-corrected chi connectivity index (χ0v) is 15.3. The summed E-state index contributed by atoms with van der Waals surface area (Å²) >= 11 is 0. The normalized spacial score (nSPS) is 59.0. The summed E-state index contributed by atoms with van der Waals surface area (Å²) in [4.78, 5) is 13.2. The van der Waals surface area contributed by atoms with Crippen molar-refractivity contribution in [3.63, 3.8) is 0 Å². The Morgan fingerprint density at radius 1 is 1.00 bits per heavy atom. The van der Waals surface area contributed by atoms with Gasteiger partial charge < -0.3 is 15.3 Å². The van der Waals surface area contributed by atoms with Crippen molar-refractivity contribution in [2.45, 2.75) is 78.1 Å². The maximum Gasteiger partial charge on any atom is 0.147 e. The largest absolute Gasteiger partial charge is 0.393 e. The number of Topliss-reactive ketones (excluding diaryl/α,β-unsaturated/α-hetero) is 1. The second kappa shape index (κ2) is 4.83. The molecule has 0 aromatic rings. The summed E-state index contributed by atoms with van der Waals surface area (Å²) in [6, 6.07) is 0. The molecule has 4 rings (SSSR count). The van der Waals surface area contributed by atoms with E-state index in [2.05, 4.69) is 20.8 Å². The highest BCUT2D eigenvalue weighted by Crippen LogP contribution is 2.71. The minimum Gasteiger partial charge on any atom is -0.393 e. The average molecular weight is 336 g/mol. The molecule has 0 heterocycles. The van der Waals surface area contributed by atoms with E-state index in [1.165, 1.54) is 0 Å². The molecule has 0 amide bonds. The number of aliphatic hydroxyl groups excluding tert-OH is 3. The smallest absolute Gasteiger partial charge is 0.147 e. The molecule has 3 N–H and O–H groups in total. The van der Waals surface area contributed by atoms with Gasteiger partial charge in [0.1, 0.15) is 5.78 Å². The summed E-state index contributed by atoms with van der Waals surface area (Å²) in [5.74, 6) is 0.141. The predicted molar refractivity (Wildman–Crippen MR) is 90.1 cm³/mol. The van der Waals surface area contributed by atoms with Gasteiger partial charge in [-0.2, -0.15) is 0 Å². The lowest BCUT2D eigenvalue weighted by Gasteiger charge is -2.65. The van der Waals surface area contributed by atoms with Crippen LogP contribution in [0.4, 0.5) is 0 Å². The Hall–Kier alpha value is -0.450. The number of rotatable bonds is 0. The van der Waals surface area contributed by atoms with E-state index in [9.17, 15) is 20.1 Å². The van der Waals surface area contributed by atoms with E-state index >= 15 is 0 Å². The molecule has 0 aromatic carbocycles. The highest BCUT2D eigenvalue weighted by atomic mass is 16.3. The maximum absolute atomic E-state index is 13.2. The van der Waals surface area contributed by atoms with Crippen LogP contribution < -0.4 is 0 Å². The van der Waals surface area contributed by atoms with Gasteiger partial charge in [-0.15, -0.1) is 0 Å². The third-order valence-corrected chi connectivity index (χ3v) is 8.73. The van der Waals surface area contributed by atoms with E-state index in [4.69, 9.17) is 0 Å².